The maximum Gasteiger partial charge on any atom is 0.195 e. The summed E-state index contributed by atoms with van der Waals surface area (Å²) in [5, 5.41) is 9.51. The normalized spacial score (nSPS) is 17.7. The number of aromatic nitrogens is 3. The van der Waals surface area contributed by atoms with Gasteiger partial charge in [-0.2, -0.15) is 4.73 Å². The molecule has 1 N–H and O–H groups in total. The van der Waals surface area contributed by atoms with Crippen LogP contribution in [0.5, 0.6) is 0 Å². The third kappa shape index (κ3) is 1.84. The summed E-state index contributed by atoms with van der Waals surface area (Å²) in [6.45, 7) is 1.39. The monoisotopic (exact) mass is 237 g/mol. The maximum absolute atomic E-state index is 13.1. The highest BCUT2D eigenvalue weighted by molar-refractivity contribution is 5.52. The average Bonchev–Trinajstić information content (AvgIpc) is 2.74. The summed E-state index contributed by atoms with van der Waals surface area (Å²) in [6, 6.07) is 1.28. The first kappa shape index (κ1) is 10.5. The van der Waals surface area contributed by atoms with Crippen molar-refractivity contribution < 1.29 is 14.3 Å². The number of rotatable bonds is 1. The van der Waals surface area contributed by atoms with Crippen molar-refractivity contribution in [3.63, 3.8) is 0 Å². The van der Waals surface area contributed by atoms with Crippen LogP contribution < -0.4 is 0 Å². The molecule has 0 bridgehead atoms. The Kier molecular flexibility index (Phi) is 2.44. The van der Waals surface area contributed by atoms with Gasteiger partial charge in [0.05, 0.1) is 6.20 Å². The van der Waals surface area contributed by atoms with E-state index in [1.807, 2.05) is 0 Å². The highest BCUT2D eigenvalue weighted by Crippen LogP contribution is 2.28. The van der Waals surface area contributed by atoms with E-state index in [9.17, 15) is 9.60 Å². The van der Waals surface area contributed by atoms with Gasteiger partial charge in [0, 0.05) is 25.2 Å². The zero-order chi connectivity index (χ0) is 11.8. The Morgan fingerprint density at radius 3 is 2.88 bits per heavy atom. The van der Waals surface area contributed by atoms with Crippen molar-refractivity contribution in [3.05, 3.63) is 23.9 Å². The van der Waals surface area contributed by atoms with Gasteiger partial charge in [0.25, 0.3) is 0 Å². The second-order valence-corrected chi connectivity index (χ2v) is 4.18. The van der Waals surface area contributed by atoms with E-state index in [2.05, 4.69) is 9.97 Å². The van der Waals surface area contributed by atoms with Crippen LogP contribution in [0, 0.1) is 5.82 Å². The summed E-state index contributed by atoms with van der Waals surface area (Å²) >= 11 is 0. The lowest BCUT2D eigenvalue weighted by atomic mass is 10.00. The lowest BCUT2D eigenvalue weighted by molar-refractivity contribution is 0.0837. The van der Waals surface area contributed by atoms with Gasteiger partial charge in [-0.3, -0.25) is 0 Å². The predicted molar refractivity (Wildman–Crippen MR) is 56.6 cm³/mol. The first-order valence-corrected chi connectivity index (χ1v) is 5.56. The quantitative estimate of drug-likeness (QED) is 0.766. The van der Waals surface area contributed by atoms with Crippen molar-refractivity contribution in [2.24, 2.45) is 0 Å². The van der Waals surface area contributed by atoms with Crippen LogP contribution in [0.25, 0.3) is 11.5 Å². The third-order valence-electron chi connectivity index (χ3n) is 3.01. The average molecular weight is 237 g/mol. The Morgan fingerprint density at radius 1 is 1.35 bits per heavy atom. The van der Waals surface area contributed by atoms with Gasteiger partial charge in [-0.25, -0.2) is 14.4 Å². The van der Waals surface area contributed by atoms with Crippen molar-refractivity contribution in [1.82, 2.24) is 14.7 Å². The zero-order valence-electron chi connectivity index (χ0n) is 9.14. The van der Waals surface area contributed by atoms with Crippen molar-refractivity contribution in [3.8, 4) is 11.5 Å². The second-order valence-electron chi connectivity index (χ2n) is 4.18. The minimum absolute atomic E-state index is 0.235. The van der Waals surface area contributed by atoms with Crippen molar-refractivity contribution >= 4 is 0 Å². The molecule has 1 fully saturated rings. The molecule has 1 saturated heterocycles. The van der Waals surface area contributed by atoms with Gasteiger partial charge in [0.2, 0.25) is 0 Å². The highest BCUT2D eigenvalue weighted by Gasteiger charge is 2.23. The maximum atomic E-state index is 13.1. The van der Waals surface area contributed by atoms with E-state index in [-0.39, 0.29) is 5.92 Å². The van der Waals surface area contributed by atoms with Crippen LogP contribution in [0.3, 0.4) is 0 Å². The molecule has 3 heterocycles. The molecule has 0 aromatic carbocycles. The molecule has 0 aliphatic carbocycles. The molecule has 0 atom stereocenters. The summed E-state index contributed by atoms with van der Waals surface area (Å²) < 4.78 is 19.0. The SMILES string of the molecule is On1cc(F)cc2nc(C3CCOCC3)nc1-2. The van der Waals surface area contributed by atoms with E-state index in [4.69, 9.17) is 4.74 Å². The number of hydrogen-bond acceptors (Lipinski definition) is 4. The van der Waals surface area contributed by atoms with Crippen molar-refractivity contribution in [2.75, 3.05) is 13.2 Å². The Bertz CT molecular complexity index is 508. The standard InChI is InChI=1S/C11H12FN3O2/c12-8-5-9-11(15(16)6-8)14-10(13-9)7-1-3-17-4-2-7/h5-7,16H,1-4H2. The van der Waals surface area contributed by atoms with Crippen LogP contribution >= 0.6 is 0 Å². The number of nitrogens with zero attached hydrogens (tertiary/aromatic N) is 3. The van der Waals surface area contributed by atoms with Crippen molar-refractivity contribution in [1.29, 1.82) is 0 Å². The molecule has 0 spiro atoms. The molecule has 0 amide bonds. The van der Waals surface area contributed by atoms with Crippen LogP contribution in [0.15, 0.2) is 12.3 Å². The Morgan fingerprint density at radius 2 is 2.12 bits per heavy atom. The van der Waals surface area contributed by atoms with Gasteiger partial charge in [0.15, 0.2) is 5.82 Å². The third-order valence-corrected chi connectivity index (χ3v) is 3.01. The Labute approximate surface area is 97.2 Å². The first-order chi connectivity index (χ1) is 8.24. The molecule has 0 aromatic heterocycles. The highest BCUT2D eigenvalue weighted by atomic mass is 19.1. The molecular weight excluding hydrogens is 225 g/mol. The summed E-state index contributed by atoms with van der Waals surface area (Å²) in [7, 11) is 0. The van der Waals surface area contributed by atoms with Crippen LogP contribution in [0.4, 0.5) is 4.39 Å². The molecule has 0 radical (unpaired) electrons. The molecule has 90 valence electrons. The van der Waals surface area contributed by atoms with Gasteiger partial charge in [-0.15, -0.1) is 0 Å². The Hall–Kier alpha value is -1.69. The largest absolute Gasteiger partial charge is 0.427 e. The summed E-state index contributed by atoms with van der Waals surface area (Å²) in [4.78, 5) is 8.53. The molecule has 0 unspecified atom stereocenters. The van der Waals surface area contributed by atoms with E-state index in [1.54, 1.807) is 0 Å². The van der Waals surface area contributed by atoms with E-state index < -0.39 is 5.82 Å². The summed E-state index contributed by atoms with van der Waals surface area (Å²) in [6.07, 6.45) is 2.71. The number of ether oxygens (including phenoxy) is 1. The predicted octanol–water partition coefficient (Wildman–Crippen LogP) is 1.65. The fourth-order valence-electron chi connectivity index (χ4n) is 2.11. The van der Waals surface area contributed by atoms with Crippen molar-refractivity contribution in [2.45, 2.75) is 18.8 Å². The fraction of sp³-hybridized carbons (Fsp3) is 0.455. The topological polar surface area (TPSA) is 60.2 Å². The minimum atomic E-state index is -0.529. The summed E-state index contributed by atoms with van der Waals surface area (Å²) in [5.41, 5.74) is 0.383. The lowest BCUT2D eigenvalue weighted by Gasteiger charge is -2.18. The van der Waals surface area contributed by atoms with Gasteiger partial charge in [0.1, 0.15) is 17.3 Å². The molecule has 3 aliphatic rings. The fourth-order valence-corrected chi connectivity index (χ4v) is 2.11. The molecule has 0 saturated carbocycles. The minimum Gasteiger partial charge on any atom is -0.427 e. The van der Waals surface area contributed by atoms with Gasteiger partial charge in [-0.05, 0) is 12.8 Å². The smallest absolute Gasteiger partial charge is 0.195 e. The second kappa shape index (κ2) is 3.96. The van der Waals surface area contributed by atoms with Gasteiger partial charge < -0.3 is 9.94 Å². The van der Waals surface area contributed by atoms with Crippen LogP contribution in [-0.4, -0.2) is 33.1 Å². The zero-order valence-corrected chi connectivity index (χ0v) is 9.14. The molecule has 3 aliphatic heterocycles. The molecule has 17 heavy (non-hydrogen) atoms. The van der Waals surface area contributed by atoms with E-state index in [0.717, 1.165) is 19.0 Å². The molecule has 0 aromatic rings. The number of hydrogen-bond donors (Lipinski definition) is 1. The summed E-state index contributed by atoms with van der Waals surface area (Å²) in [5.74, 6) is 0.669. The lowest BCUT2D eigenvalue weighted by Crippen LogP contribution is -2.15. The molecular formula is C11H12FN3O2. The van der Waals surface area contributed by atoms with E-state index >= 15 is 0 Å². The number of pyridine rings is 1. The van der Waals surface area contributed by atoms with E-state index in [0.29, 0.717) is 35.3 Å². The number of fused-ring (bicyclic) bond motifs is 1. The number of halogens is 1. The molecule has 6 heteroatoms. The number of imidazole rings is 1. The van der Waals surface area contributed by atoms with Crippen LogP contribution in [0.2, 0.25) is 0 Å². The molecule has 5 nitrogen and oxygen atoms in total. The van der Waals surface area contributed by atoms with Gasteiger partial charge >= 0.3 is 0 Å². The Balaban J connectivity index is 2.01. The van der Waals surface area contributed by atoms with Crippen LogP contribution in [-0.2, 0) is 4.74 Å². The van der Waals surface area contributed by atoms with E-state index in [1.165, 1.54) is 6.07 Å². The van der Waals surface area contributed by atoms with Crippen LogP contribution in [0.1, 0.15) is 24.6 Å². The van der Waals surface area contributed by atoms with Gasteiger partial charge in [-0.1, -0.05) is 0 Å². The molecule has 3 rings (SSSR count). The first-order valence-electron chi connectivity index (χ1n) is 5.56.